The van der Waals surface area contributed by atoms with E-state index in [0.717, 1.165) is 29.7 Å². The van der Waals surface area contributed by atoms with Crippen LogP contribution in [0.2, 0.25) is 0 Å². The number of aromatic nitrogens is 2. The van der Waals surface area contributed by atoms with Crippen molar-refractivity contribution in [3.05, 3.63) is 48.0 Å². The summed E-state index contributed by atoms with van der Waals surface area (Å²) in [6, 6.07) is 8.39. The molecular formula is C18H21FN4O. The van der Waals surface area contributed by atoms with Gasteiger partial charge < -0.3 is 15.3 Å². The quantitative estimate of drug-likeness (QED) is 0.884. The number of benzene rings is 1. The van der Waals surface area contributed by atoms with E-state index in [1.165, 1.54) is 31.3 Å². The molecule has 2 fully saturated rings. The topological polar surface area (TPSA) is 61.3 Å². The Hall–Kier alpha value is -2.21. The minimum absolute atomic E-state index is 0.0816. The van der Waals surface area contributed by atoms with Crippen molar-refractivity contribution >= 4 is 11.6 Å². The molecule has 5 nitrogen and oxygen atoms in total. The Labute approximate surface area is 140 Å². The first-order valence-corrected chi connectivity index (χ1v) is 8.45. The lowest BCUT2D eigenvalue weighted by Gasteiger charge is -2.26. The van der Waals surface area contributed by atoms with Crippen molar-refractivity contribution in [1.29, 1.82) is 0 Å². The molecule has 2 N–H and O–H groups in total. The lowest BCUT2D eigenvalue weighted by atomic mass is 10.0. The van der Waals surface area contributed by atoms with Crippen molar-refractivity contribution in [1.82, 2.24) is 9.97 Å². The molecule has 6 heteroatoms. The molecule has 2 heterocycles. The van der Waals surface area contributed by atoms with Gasteiger partial charge in [0.1, 0.15) is 23.8 Å². The molecule has 0 amide bonds. The average molecular weight is 328 g/mol. The molecular weight excluding hydrogens is 307 g/mol. The first-order valence-electron chi connectivity index (χ1n) is 8.45. The summed E-state index contributed by atoms with van der Waals surface area (Å²) in [7, 11) is 0. The number of hydrogen-bond donors (Lipinski definition) is 2. The Balaban J connectivity index is 1.57. The second kappa shape index (κ2) is 6.36. The van der Waals surface area contributed by atoms with Gasteiger partial charge in [0.2, 0.25) is 0 Å². The third-order valence-electron chi connectivity index (χ3n) is 4.73. The number of aliphatic hydroxyl groups is 1. The number of β-amino-alcohol motifs (C(OH)–C–C–N with tert-alkyl or cyclic N) is 1. The summed E-state index contributed by atoms with van der Waals surface area (Å²) in [6.45, 7) is 1.42. The van der Waals surface area contributed by atoms with E-state index < -0.39 is 6.10 Å². The van der Waals surface area contributed by atoms with Crippen LogP contribution in [0.5, 0.6) is 0 Å². The highest BCUT2D eigenvalue weighted by Crippen LogP contribution is 2.36. The van der Waals surface area contributed by atoms with Crippen LogP contribution in [-0.4, -0.2) is 34.3 Å². The van der Waals surface area contributed by atoms with Crippen LogP contribution in [0, 0.1) is 11.7 Å². The maximum absolute atomic E-state index is 13.6. The summed E-state index contributed by atoms with van der Waals surface area (Å²) in [4.78, 5) is 10.7. The van der Waals surface area contributed by atoms with Gasteiger partial charge in [0.25, 0.3) is 0 Å². The second-order valence-electron chi connectivity index (χ2n) is 6.70. The normalized spacial score (nSPS) is 23.5. The van der Waals surface area contributed by atoms with Gasteiger partial charge >= 0.3 is 0 Å². The van der Waals surface area contributed by atoms with Gasteiger partial charge in [-0.15, -0.1) is 0 Å². The smallest absolute Gasteiger partial charge is 0.134 e. The monoisotopic (exact) mass is 328 g/mol. The SMILES string of the molecule is O[C@@H]1C[C@H](c2cccc(F)c2)N(c2cc(NCC3CC3)ncn2)C1. The maximum Gasteiger partial charge on any atom is 0.134 e. The van der Waals surface area contributed by atoms with Gasteiger partial charge in [-0.05, 0) is 42.9 Å². The Kier molecular flexibility index (Phi) is 4.06. The van der Waals surface area contributed by atoms with Crippen LogP contribution in [0.4, 0.5) is 16.0 Å². The Morgan fingerprint density at radius 2 is 2.12 bits per heavy atom. The van der Waals surface area contributed by atoms with E-state index in [1.54, 1.807) is 6.07 Å². The number of rotatable bonds is 5. The highest BCUT2D eigenvalue weighted by atomic mass is 19.1. The second-order valence-corrected chi connectivity index (χ2v) is 6.70. The van der Waals surface area contributed by atoms with Crippen LogP contribution in [0.3, 0.4) is 0 Å². The van der Waals surface area contributed by atoms with Gasteiger partial charge in [0.15, 0.2) is 0 Å². The van der Waals surface area contributed by atoms with Gasteiger partial charge in [-0.1, -0.05) is 12.1 Å². The molecule has 1 aliphatic carbocycles. The number of halogens is 1. The minimum atomic E-state index is -0.448. The van der Waals surface area contributed by atoms with Crippen molar-refractivity contribution in [3.63, 3.8) is 0 Å². The molecule has 126 valence electrons. The van der Waals surface area contributed by atoms with Crippen molar-refractivity contribution in [2.45, 2.75) is 31.4 Å². The molecule has 0 bridgehead atoms. The number of hydrogen-bond acceptors (Lipinski definition) is 5. The van der Waals surface area contributed by atoms with Crippen molar-refractivity contribution in [2.75, 3.05) is 23.3 Å². The molecule has 1 saturated heterocycles. The van der Waals surface area contributed by atoms with E-state index in [1.807, 2.05) is 17.0 Å². The molecule has 2 aliphatic rings. The summed E-state index contributed by atoms with van der Waals surface area (Å²) in [5.41, 5.74) is 0.859. The lowest BCUT2D eigenvalue weighted by molar-refractivity contribution is 0.194. The molecule has 24 heavy (non-hydrogen) atoms. The Bertz CT molecular complexity index is 722. The van der Waals surface area contributed by atoms with Gasteiger partial charge in [-0.3, -0.25) is 0 Å². The van der Waals surface area contributed by atoms with E-state index >= 15 is 0 Å². The van der Waals surface area contributed by atoms with Gasteiger partial charge in [-0.2, -0.15) is 0 Å². The molecule has 1 aromatic heterocycles. The largest absolute Gasteiger partial charge is 0.391 e. The highest BCUT2D eigenvalue weighted by molar-refractivity contribution is 5.51. The third-order valence-corrected chi connectivity index (χ3v) is 4.73. The van der Waals surface area contributed by atoms with Crippen molar-refractivity contribution < 1.29 is 9.50 Å². The van der Waals surface area contributed by atoms with Crippen molar-refractivity contribution in [3.8, 4) is 0 Å². The fourth-order valence-electron chi connectivity index (χ4n) is 3.27. The molecule has 4 rings (SSSR count). The molecule has 1 saturated carbocycles. The highest BCUT2D eigenvalue weighted by Gasteiger charge is 2.33. The van der Waals surface area contributed by atoms with E-state index in [4.69, 9.17) is 0 Å². The first kappa shape index (κ1) is 15.3. The molecule has 0 radical (unpaired) electrons. The molecule has 0 unspecified atom stereocenters. The fourth-order valence-corrected chi connectivity index (χ4v) is 3.27. The van der Waals surface area contributed by atoms with Crippen LogP contribution in [-0.2, 0) is 0 Å². The predicted molar refractivity (Wildman–Crippen MR) is 90.4 cm³/mol. The van der Waals surface area contributed by atoms with Gasteiger partial charge in [-0.25, -0.2) is 14.4 Å². The van der Waals surface area contributed by atoms with E-state index in [2.05, 4.69) is 15.3 Å². The predicted octanol–water partition coefficient (Wildman–Crippen LogP) is 2.75. The number of anilines is 2. The number of aliphatic hydroxyl groups excluding tert-OH is 1. The third kappa shape index (κ3) is 3.33. The molecule has 2 atom stereocenters. The average Bonchev–Trinajstić information content (AvgIpc) is 3.33. The molecule has 0 spiro atoms. The van der Waals surface area contributed by atoms with E-state index in [0.29, 0.717) is 13.0 Å². The molecule has 2 aromatic rings. The fraction of sp³-hybridized carbons (Fsp3) is 0.444. The number of nitrogens with zero attached hydrogens (tertiary/aromatic N) is 3. The summed E-state index contributed by atoms with van der Waals surface area (Å²) in [5, 5.41) is 13.5. The van der Waals surface area contributed by atoms with E-state index in [-0.39, 0.29) is 11.9 Å². The summed E-state index contributed by atoms with van der Waals surface area (Å²) >= 11 is 0. The first-order chi connectivity index (χ1) is 11.7. The zero-order valence-electron chi connectivity index (χ0n) is 13.4. The number of nitrogens with one attached hydrogen (secondary N) is 1. The summed E-state index contributed by atoms with van der Waals surface area (Å²) in [6.07, 6.45) is 4.22. The minimum Gasteiger partial charge on any atom is -0.391 e. The standard InChI is InChI=1S/C18H21FN4O/c19-14-3-1-2-13(6-14)16-7-15(24)10-23(16)18-8-17(21-11-22-18)20-9-12-4-5-12/h1-3,6,8,11-12,15-16,24H,4-5,7,9-10H2,(H,20,21,22)/t15-,16-/m1/s1. The maximum atomic E-state index is 13.6. The van der Waals surface area contributed by atoms with Gasteiger partial charge in [0, 0.05) is 19.2 Å². The van der Waals surface area contributed by atoms with Crippen LogP contribution in [0.25, 0.3) is 0 Å². The zero-order chi connectivity index (χ0) is 16.5. The van der Waals surface area contributed by atoms with Gasteiger partial charge in [0.05, 0.1) is 12.1 Å². The van der Waals surface area contributed by atoms with Crippen molar-refractivity contribution in [2.24, 2.45) is 5.92 Å². The van der Waals surface area contributed by atoms with Crippen LogP contribution < -0.4 is 10.2 Å². The Morgan fingerprint density at radius 3 is 2.92 bits per heavy atom. The summed E-state index contributed by atoms with van der Waals surface area (Å²) in [5.74, 6) is 2.06. The van der Waals surface area contributed by atoms with Crippen LogP contribution in [0.15, 0.2) is 36.7 Å². The van der Waals surface area contributed by atoms with E-state index in [9.17, 15) is 9.50 Å². The summed E-state index contributed by atoms with van der Waals surface area (Å²) < 4.78 is 13.6. The lowest BCUT2D eigenvalue weighted by Crippen LogP contribution is -2.25. The van der Waals surface area contributed by atoms with Crippen LogP contribution in [0.1, 0.15) is 30.9 Å². The molecule has 1 aliphatic heterocycles. The Morgan fingerprint density at radius 1 is 1.25 bits per heavy atom. The van der Waals surface area contributed by atoms with Crippen LogP contribution >= 0.6 is 0 Å². The molecule has 1 aromatic carbocycles. The zero-order valence-corrected chi connectivity index (χ0v) is 13.4.